The lowest BCUT2D eigenvalue weighted by Gasteiger charge is -2.28. The summed E-state index contributed by atoms with van der Waals surface area (Å²) in [5.74, 6) is 0.185. The number of amides is 1. The number of sulfonamides is 2. The molecule has 0 bridgehead atoms. The standard InChI is InChI=1S/C18H23N5O6S2/c1-13-17(14(2)29-19-13)31(27,28)23-7-3-6-21(8-9-23)18(24)15-4-5-16-20-30(25,26)11-10-22(16)12-15/h4-5,12H,3,6-11H2,1-2H3. The van der Waals surface area contributed by atoms with Gasteiger partial charge in [-0.2, -0.15) is 4.31 Å². The van der Waals surface area contributed by atoms with E-state index in [1.165, 1.54) is 10.4 Å². The highest BCUT2D eigenvalue weighted by atomic mass is 32.2. The normalized spacial score (nSPS) is 21.9. The Morgan fingerprint density at radius 1 is 1.10 bits per heavy atom. The fourth-order valence-corrected chi connectivity index (χ4v) is 6.55. The molecule has 0 aromatic carbocycles. The van der Waals surface area contributed by atoms with Gasteiger partial charge in [0.05, 0.1) is 11.3 Å². The summed E-state index contributed by atoms with van der Waals surface area (Å²) in [6, 6.07) is 0. The molecule has 4 rings (SSSR count). The molecule has 1 fully saturated rings. The number of amidine groups is 1. The van der Waals surface area contributed by atoms with Gasteiger partial charge in [-0.25, -0.2) is 16.8 Å². The van der Waals surface area contributed by atoms with Crippen LogP contribution in [0.5, 0.6) is 0 Å². The summed E-state index contributed by atoms with van der Waals surface area (Å²) in [6.45, 7) is 4.46. The second-order valence-electron chi connectivity index (χ2n) is 7.55. The number of carbonyl (C=O) groups excluding carboxylic acids is 1. The Kier molecular flexibility index (Phi) is 5.52. The summed E-state index contributed by atoms with van der Waals surface area (Å²) < 4.78 is 59.5. The molecule has 3 aliphatic rings. The van der Waals surface area contributed by atoms with Crippen LogP contribution in [0.3, 0.4) is 0 Å². The zero-order valence-corrected chi connectivity index (χ0v) is 18.8. The third-order valence-electron chi connectivity index (χ3n) is 5.38. The van der Waals surface area contributed by atoms with Gasteiger partial charge in [0, 0.05) is 38.9 Å². The van der Waals surface area contributed by atoms with Crippen molar-refractivity contribution in [1.82, 2.24) is 19.3 Å². The SMILES string of the molecule is Cc1noc(C)c1S(=O)(=O)N1CCCN(C(=O)C2=CN3CCS(=O)(=O)N=C3C=C2)CC1. The van der Waals surface area contributed by atoms with Crippen molar-refractivity contribution in [2.24, 2.45) is 4.40 Å². The molecule has 0 aliphatic carbocycles. The van der Waals surface area contributed by atoms with Gasteiger partial charge in [-0.15, -0.1) is 4.40 Å². The summed E-state index contributed by atoms with van der Waals surface area (Å²) in [7, 11) is -7.24. The van der Waals surface area contributed by atoms with Crippen LogP contribution in [0.1, 0.15) is 17.9 Å². The molecule has 13 heteroatoms. The van der Waals surface area contributed by atoms with Gasteiger partial charge in [0.1, 0.15) is 16.4 Å². The van der Waals surface area contributed by atoms with Crippen LogP contribution in [0.15, 0.2) is 37.7 Å². The molecular weight excluding hydrogens is 446 g/mol. The average Bonchev–Trinajstić information content (AvgIpc) is 2.91. The smallest absolute Gasteiger partial charge is 0.256 e. The summed E-state index contributed by atoms with van der Waals surface area (Å²) in [5, 5.41) is 3.73. The Balaban J connectivity index is 1.48. The van der Waals surface area contributed by atoms with Gasteiger partial charge in [-0.05, 0) is 32.4 Å². The minimum atomic E-state index is -3.77. The highest BCUT2D eigenvalue weighted by molar-refractivity contribution is 7.90. The quantitative estimate of drug-likeness (QED) is 0.605. The van der Waals surface area contributed by atoms with Crippen LogP contribution in [0.4, 0.5) is 0 Å². The maximum Gasteiger partial charge on any atom is 0.256 e. The molecule has 0 radical (unpaired) electrons. The van der Waals surface area contributed by atoms with Crippen LogP contribution in [-0.2, 0) is 24.8 Å². The van der Waals surface area contributed by atoms with E-state index >= 15 is 0 Å². The first kappa shape index (κ1) is 21.7. The highest BCUT2D eigenvalue weighted by Crippen LogP contribution is 2.25. The van der Waals surface area contributed by atoms with E-state index in [1.54, 1.807) is 35.9 Å². The molecule has 1 aromatic rings. The van der Waals surface area contributed by atoms with Gasteiger partial charge in [-0.3, -0.25) is 4.79 Å². The zero-order chi connectivity index (χ0) is 22.4. The first-order valence-electron chi connectivity index (χ1n) is 9.80. The molecule has 4 heterocycles. The molecule has 11 nitrogen and oxygen atoms in total. The fourth-order valence-electron chi connectivity index (χ4n) is 3.82. The average molecular weight is 470 g/mol. The molecule has 0 saturated carbocycles. The summed E-state index contributed by atoms with van der Waals surface area (Å²) in [6.07, 6.45) is 5.14. The van der Waals surface area contributed by atoms with E-state index in [2.05, 4.69) is 9.55 Å². The predicted molar refractivity (Wildman–Crippen MR) is 111 cm³/mol. The van der Waals surface area contributed by atoms with E-state index < -0.39 is 20.0 Å². The Bertz CT molecular complexity index is 1190. The molecule has 1 aromatic heterocycles. The molecule has 31 heavy (non-hydrogen) atoms. The second kappa shape index (κ2) is 7.88. The lowest BCUT2D eigenvalue weighted by molar-refractivity contribution is -0.126. The van der Waals surface area contributed by atoms with Gasteiger partial charge < -0.3 is 14.3 Å². The second-order valence-corrected chi connectivity index (χ2v) is 11.2. The fraction of sp³-hybridized carbons (Fsp3) is 0.500. The highest BCUT2D eigenvalue weighted by Gasteiger charge is 2.33. The van der Waals surface area contributed by atoms with Crippen molar-refractivity contribution in [3.63, 3.8) is 0 Å². The summed E-state index contributed by atoms with van der Waals surface area (Å²) in [4.78, 5) is 16.4. The number of fused-ring (bicyclic) bond motifs is 1. The van der Waals surface area contributed by atoms with Crippen molar-refractivity contribution in [2.45, 2.75) is 25.2 Å². The van der Waals surface area contributed by atoms with E-state index in [-0.39, 0.29) is 54.3 Å². The maximum atomic E-state index is 13.1. The van der Waals surface area contributed by atoms with Gasteiger partial charge >= 0.3 is 0 Å². The van der Waals surface area contributed by atoms with E-state index in [1.807, 2.05) is 0 Å². The van der Waals surface area contributed by atoms with Gasteiger partial charge in [-0.1, -0.05) is 5.16 Å². The van der Waals surface area contributed by atoms with Crippen LogP contribution in [0, 0.1) is 13.8 Å². The van der Waals surface area contributed by atoms with Crippen molar-refractivity contribution in [3.8, 4) is 0 Å². The number of hydrogen-bond acceptors (Lipinski definition) is 8. The van der Waals surface area contributed by atoms with Crippen molar-refractivity contribution in [1.29, 1.82) is 0 Å². The first-order valence-corrected chi connectivity index (χ1v) is 12.8. The number of aryl methyl sites for hydroxylation is 2. The first-order chi connectivity index (χ1) is 14.6. The van der Waals surface area contributed by atoms with Crippen molar-refractivity contribution in [2.75, 3.05) is 38.5 Å². The topological polar surface area (TPSA) is 133 Å². The predicted octanol–water partition coefficient (Wildman–Crippen LogP) is 0.0120. The molecule has 1 saturated heterocycles. The van der Waals surface area contributed by atoms with Crippen molar-refractivity contribution < 1.29 is 26.2 Å². The Morgan fingerprint density at radius 3 is 2.58 bits per heavy atom. The minimum Gasteiger partial charge on any atom is -0.360 e. The number of carbonyl (C=O) groups is 1. The molecule has 0 atom stereocenters. The molecule has 1 amide bonds. The van der Waals surface area contributed by atoms with Crippen LogP contribution in [0.25, 0.3) is 0 Å². The monoisotopic (exact) mass is 469 g/mol. The minimum absolute atomic E-state index is 0.0806. The van der Waals surface area contributed by atoms with Crippen LogP contribution in [-0.4, -0.2) is 86.3 Å². The Labute approximate surface area is 180 Å². The van der Waals surface area contributed by atoms with Crippen molar-refractivity contribution in [3.05, 3.63) is 35.4 Å². The zero-order valence-electron chi connectivity index (χ0n) is 17.2. The van der Waals surface area contributed by atoms with Gasteiger partial charge in [0.2, 0.25) is 10.0 Å². The molecular formula is C18H23N5O6S2. The van der Waals surface area contributed by atoms with Gasteiger partial charge in [0.15, 0.2) is 5.76 Å². The van der Waals surface area contributed by atoms with E-state index in [4.69, 9.17) is 4.52 Å². The lowest BCUT2D eigenvalue weighted by Crippen LogP contribution is -2.40. The number of hydrogen-bond donors (Lipinski definition) is 0. The van der Waals surface area contributed by atoms with Crippen LogP contribution >= 0.6 is 0 Å². The Hall–Kier alpha value is -2.51. The van der Waals surface area contributed by atoms with Gasteiger partial charge in [0.25, 0.3) is 15.9 Å². The number of rotatable bonds is 3. The maximum absolute atomic E-state index is 13.1. The Morgan fingerprint density at radius 2 is 1.87 bits per heavy atom. The summed E-state index contributed by atoms with van der Waals surface area (Å²) >= 11 is 0. The number of nitrogens with zero attached hydrogens (tertiary/aromatic N) is 5. The molecule has 3 aliphatic heterocycles. The summed E-state index contributed by atoms with van der Waals surface area (Å²) in [5.41, 5.74) is 0.716. The molecule has 0 unspecified atom stereocenters. The third kappa shape index (κ3) is 4.16. The van der Waals surface area contributed by atoms with E-state index in [0.717, 1.165) is 0 Å². The van der Waals surface area contributed by atoms with Crippen LogP contribution in [0.2, 0.25) is 0 Å². The largest absolute Gasteiger partial charge is 0.360 e. The lowest BCUT2D eigenvalue weighted by atomic mass is 10.1. The molecule has 0 N–H and O–H groups in total. The number of aromatic nitrogens is 1. The van der Waals surface area contributed by atoms with Crippen molar-refractivity contribution >= 4 is 31.8 Å². The van der Waals surface area contributed by atoms with Crippen LogP contribution < -0.4 is 0 Å². The third-order valence-corrected chi connectivity index (χ3v) is 8.69. The molecule has 0 spiro atoms. The van der Waals surface area contributed by atoms with E-state index in [0.29, 0.717) is 24.2 Å². The molecule has 168 valence electrons. The van der Waals surface area contributed by atoms with E-state index in [9.17, 15) is 21.6 Å².